The van der Waals surface area contributed by atoms with Gasteiger partial charge < -0.3 is 14.5 Å². The molecule has 3 aromatic rings. The summed E-state index contributed by atoms with van der Waals surface area (Å²) in [5.74, 6) is 0.632. The van der Waals surface area contributed by atoms with Crippen molar-refractivity contribution in [3.63, 3.8) is 0 Å². The van der Waals surface area contributed by atoms with Crippen LogP contribution in [-0.2, 0) is 10.0 Å². The van der Waals surface area contributed by atoms with E-state index in [1.807, 2.05) is 43.3 Å². The van der Waals surface area contributed by atoms with E-state index in [1.165, 1.54) is 23.5 Å². The molecule has 0 N–H and O–H groups in total. The minimum atomic E-state index is -3.80. The summed E-state index contributed by atoms with van der Waals surface area (Å²) in [4.78, 5) is 17.2. The van der Waals surface area contributed by atoms with Gasteiger partial charge in [0.05, 0.1) is 23.4 Å². The van der Waals surface area contributed by atoms with Crippen molar-refractivity contribution < 1.29 is 17.9 Å². The molecule has 0 aromatic heterocycles. The van der Waals surface area contributed by atoms with Gasteiger partial charge in [0.1, 0.15) is 5.75 Å². The number of nitrogens with zero attached hydrogens (tertiary/aromatic N) is 3. The van der Waals surface area contributed by atoms with Gasteiger partial charge in [-0.3, -0.25) is 9.10 Å². The number of carbonyl (C=O) groups excluding carboxylic acids is 1. The van der Waals surface area contributed by atoms with E-state index in [2.05, 4.69) is 4.90 Å². The van der Waals surface area contributed by atoms with Crippen molar-refractivity contribution in [3.05, 3.63) is 83.9 Å². The number of hydrogen-bond donors (Lipinski definition) is 0. The van der Waals surface area contributed by atoms with Crippen molar-refractivity contribution in [2.24, 2.45) is 0 Å². The minimum absolute atomic E-state index is 0.0917. The Hall–Kier alpha value is -3.52. The summed E-state index contributed by atoms with van der Waals surface area (Å²) in [5, 5.41) is 0. The number of sulfonamides is 1. The lowest BCUT2D eigenvalue weighted by Crippen LogP contribution is -2.48. The Balaban J connectivity index is 1.48. The van der Waals surface area contributed by atoms with Gasteiger partial charge in [0, 0.05) is 38.8 Å². The van der Waals surface area contributed by atoms with E-state index in [4.69, 9.17) is 4.74 Å². The van der Waals surface area contributed by atoms with Crippen molar-refractivity contribution in [1.82, 2.24) is 4.90 Å². The molecule has 0 bridgehead atoms. The molecule has 34 heavy (non-hydrogen) atoms. The average Bonchev–Trinajstić information content (AvgIpc) is 2.88. The zero-order valence-electron chi connectivity index (χ0n) is 19.6. The fourth-order valence-corrected chi connectivity index (χ4v) is 5.31. The summed E-state index contributed by atoms with van der Waals surface area (Å²) in [6.07, 6.45) is 0. The second-order valence-corrected chi connectivity index (χ2v) is 10.3. The number of para-hydroxylation sites is 2. The molecule has 0 aliphatic carbocycles. The molecule has 178 valence electrons. The predicted octanol–water partition coefficient (Wildman–Crippen LogP) is 3.79. The van der Waals surface area contributed by atoms with Crippen LogP contribution in [0.25, 0.3) is 0 Å². The van der Waals surface area contributed by atoms with E-state index in [-0.39, 0.29) is 10.8 Å². The second-order valence-electron chi connectivity index (χ2n) is 8.29. The molecule has 7 nitrogen and oxygen atoms in total. The van der Waals surface area contributed by atoms with Crippen LogP contribution >= 0.6 is 0 Å². The number of hydrogen-bond acceptors (Lipinski definition) is 5. The summed E-state index contributed by atoms with van der Waals surface area (Å²) in [7, 11) is -0.636. The molecule has 0 spiro atoms. The Morgan fingerprint density at radius 3 is 2.26 bits per heavy atom. The maximum Gasteiger partial charge on any atom is 0.264 e. The van der Waals surface area contributed by atoms with E-state index in [0.717, 1.165) is 17.0 Å². The number of rotatable bonds is 6. The fourth-order valence-electron chi connectivity index (χ4n) is 4.07. The van der Waals surface area contributed by atoms with E-state index in [0.29, 0.717) is 37.4 Å². The first-order valence-electron chi connectivity index (χ1n) is 11.1. The zero-order valence-corrected chi connectivity index (χ0v) is 20.5. The van der Waals surface area contributed by atoms with E-state index >= 15 is 0 Å². The van der Waals surface area contributed by atoms with Gasteiger partial charge in [0.25, 0.3) is 15.9 Å². The monoisotopic (exact) mass is 479 g/mol. The molecule has 0 saturated carbocycles. The van der Waals surface area contributed by atoms with Crippen molar-refractivity contribution >= 4 is 27.3 Å². The Morgan fingerprint density at radius 1 is 0.912 bits per heavy atom. The quantitative estimate of drug-likeness (QED) is 0.538. The standard InChI is InChI=1S/C26H29N3O4S/c1-20-11-13-22(14-12-20)27(2)34(31,32)23-8-6-7-21(19-23)26(30)29-17-15-28(16-18-29)24-9-4-5-10-25(24)33-3/h4-14,19H,15-18H2,1-3H3. The van der Waals surface area contributed by atoms with Gasteiger partial charge in [-0.25, -0.2) is 8.42 Å². The predicted molar refractivity (Wildman–Crippen MR) is 134 cm³/mol. The number of piperazine rings is 1. The van der Waals surface area contributed by atoms with E-state index in [1.54, 1.807) is 36.3 Å². The van der Waals surface area contributed by atoms with Gasteiger partial charge >= 0.3 is 0 Å². The lowest BCUT2D eigenvalue weighted by atomic mass is 10.1. The molecule has 4 rings (SSSR count). The SMILES string of the molecule is COc1ccccc1N1CCN(C(=O)c2cccc(S(=O)(=O)N(C)c3ccc(C)cc3)c2)CC1. The van der Waals surface area contributed by atoms with Crippen LogP contribution in [0.5, 0.6) is 5.75 Å². The molecule has 1 amide bonds. The maximum absolute atomic E-state index is 13.2. The largest absolute Gasteiger partial charge is 0.495 e. The summed E-state index contributed by atoms with van der Waals surface area (Å²) in [6, 6.07) is 21.4. The van der Waals surface area contributed by atoms with Gasteiger partial charge in [0.15, 0.2) is 0 Å². The molecule has 1 aliphatic rings. The number of carbonyl (C=O) groups is 1. The molecule has 1 saturated heterocycles. The number of anilines is 2. The van der Waals surface area contributed by atoms with Crippen LogP contribution in [0.2, 0.25) is 0 Å². The summed E-state index contributed by atoms with van der Waals surface area (Å²) >= 11 is 0. The highest BCUT2D eigenvalue weighted by Gasteiger charge is 2.26. The molecule has 0 unspecified atom stereocenters. The van der Waals surface area contributed by atoms with Gasteiger partial charge in [-0.2, -0.15) is 0 Å². The van der Waals surface area contributed by atoms with Gasteiger partial charge in [-0.1, -0.05) is 35.9 Å². The Morgan fingerprint density at radius 2 is 1.59 bits per heavy atom. The molecule has 1 fully saturated rings. The van der Waals surface area contributed by atoms with Crippen LogP contribution in [0, 0.1) is 6.92 Å². The summed E-state index contributed by atoms with van der Waals surface area (Å²) in [6.45, 7) is 4.36. The Bertz CT molecular complexity index is 1270. The highest BCUT2D eigenvalue weighted by molar-refractivity contribution is 7.92. The van der Waals surface area contributed by atoms with Gasteiger partial charge in [-0.15, -0.1) is 0 Å². The molecule has 3 aromatic carbocycles. The van der Waals surface area contributed by atoms with Crippen LogP contribution in [0.4, 0.5) is 11.4 Å². The summed E-state index contributed by atoms with van der Waals surface area (Å²) in [5.41, 5.74) is 2.98. The first-order chi connectivity index (χ1) is 16.3. The molecule has 0 radical (unpaired) electrons. The van der Waals surface area contributed by atoms with Crippen LogP contribution in [0.3, 0.4) is 0 Å². The van der Waals surface area contributed by atoms with Gasteiger partial charge in [-0.05, 0) is 49.4 Å². The molecular weight excluding hydrogens is 450 g/mol. The van der Waals surface area contributed by atoms with Crippen LogP contribution in [0.1, 0.15) is 15.9 Å². The number of ether oxygens (including phenoxy) is 1. The number of aryl methyl sites for hydroxylation is 1. The van der Waals surface area contributed by atoms with Crippen LogP contribution < -0.4 is 13.9 Å². The normalized spacial score (nSPS) is 14.1. The van der Waals surface area contributed by atoms with Crippen molar-refractivity contribution in [2.75, 3.05) is 49.5 Å². The van der Waals surface area contributed by atoms with E-state index in [9.17, 15) is 13.2 Å². The fraction of sp³-hybridized carbons (Fsp3) is 0.269. The molecular formula is C26H29N3O4S. The lowest BCUT2D eigenvalue weighted by Gasteiger charge is -2.36. The third-order valence-corrected chi connectivity index (χ3v) is 7.91. The highest BCUT2D eigenvalue weighted by atomic mass is 32.2. The molecule has 0 atom stereocenters. The summed E-state index contributed by atoms with van der Waals surface area (Å²) < 4.78 is 33.1. The first kappa shape index (κ1) is 23.6. The molecule has 8 heteroatoms. The van der Waals surface area contributed by atoms with Crippen molar-refractivity contribution in [2.45, 2.75) is 11.8 Å². The maximum atomic E-state index is 13.2. The van der Waals surface area contributed by atoms with Crippen LogP contribution in [0.15, 0.2) is 77.7 Å². The lowest BCUT2D eigenvalue weighted by molar-refractivity contribution is 0.0746. The van der Waals surface area contributed by atoms with Crippen LogP contribution in [-0.4, -0.2) is 59.6 Å². The minimum Gasteiger partial charge on any atom is -0.495 e. The smallest absolute Gasteiger partial charge is 0.264 e. The Labute approximate surface area is 201 Å². The molecule has 1 heterocycles. The zero-order chi connectivity index (χ0) is 24.3. The van der Waals surface area contributed by atoms with Crippen molar-refractivity contribution in [3.8, 4) is 5.75 Å². The topological polar surface area (TPSA) is 70.2 Å². The van der Waals surface area contributed by atoms with Crippen molar-refractivity contribution in [1.29, 1.82) is 0 Å². The average molecular weight is 480 g/mol. The molecule has 1 aliphatic heterocycles. The number of benzene rings is 3. The van der Waals surface area contributed by atoms with E-state index < -0.39 is 10.0 Å². The second kappa shape index (κ2) is 9.77. The van der Waals surface area contributed by atoms with Gasteiger partial charge in [0.2, 0.25) is 0 Å². The first-order valence-corrected chi connectivity index (χ1v) is 12.6. The third-order valence-electron chi connectivity index (χ3n) is 6.13. The highest BCUT2D eigenvalue weighted by Crippen LogP contribution is 2.29. The number of amides is 1. The Kier molecular flexibility index (Phi) is 6.79. The third kappa shape index (κ3) is 4.72. The number of methoxy groups -OCH3 is 1.